The molecular formula is C18H32F4O4S. The van der Waals surface area contributed by atoms with Gasteiger partial charge in [0.1, 0.15) is 11.4 Å². The third-order valence-electron chi connectivity index (χ3n) is 4.85. The van der Waals surface area contributed by atoms with Gasteiger partial charge in [-0.2, -0.15) is 0 Å². The smallest absolute Gasteiger partial charge is 0.161 e. The highest BCUT2D eigenvalue weighted by Gasteiger charge is 2.54. The molecule has 0 aromatic carbocycles. The van der Waals surface area contributed by atoms with E-state index < -0.39 is 36.0 Å². The minimum absolute atomic E-state index is 0.0108. The molecule has 0 spiro atoms. The average Bonchev–Trinajstić information content (AvgIpc) is 2.67. The van der Waals surface area contributed by atoms with Crippen LogP contribution in [0.25, 0.3) is 0 Å². The molecule has 9 heteroatoms. The van der Waals surface area contributed by atoms with Crippen LogP contribution in [0.3, 0.4) is 0 Å². The Hall–Kier alpha value is -0.0900. The molecule has 162 valence electrons. The molecule has 1 fully saturated rings. The van der Waals surface area contributed by atoms with E-state index in [9.17, 15) is 17.6 Å². The van der Waals surface area contributed by atoms with E-state index in [1.807, 2.05) is 0 Å². The zero-order valence-electron chi connectivity index (χ0n) is 15.8. The first-order valence-corrected chi connectivity index (χ1v) is 10.7. The topological polar surface area (TPSA) is 47.9 Å². The van der Waals surface area contributed by atoms with Gasteiger partial charge < -0.3 is 4.74 Å². The first-order chi connectivity index (χ1) is 13.0. The van der Waals surface area contributed by atoms with Crippen LogP contribution in [0.1, 0.15) is 71.1 Å². The molecule has 1 saturated carbocycles. The highest BCUT2D eigenvalue weighted by molar-refractivity contribution is 7.95. The van der Waals surface area contributed by atoms with Gasteiger partial charge in [0, 0.05) is 18.6 Å². The van der Waals surface area contributed by atoms with E-state index in [0.717, 1.165) is 19.3 Å². The molecule has 1 aliphatic carbocycles. The molecule has 27 heavy (non-hydrogen) atoms. The normalized spacial score (nSPS) is 31.3. The Morgan fingerprint density at radius 2 is 1.22 bits per heavy atom. The Bertz CT molecular complexity index is 354. The molecule has 0 aromatic rings. The minimum Gasteiger partial charge on any atom is -0.372 e. The molecule has 1 aliphatic rings. The summed E-state index contributed by atoms with van der Waals surface area (Å²) >= 11 is 0.0108. The summed E-state index contributed by atoms with van der Waals surface area (Å²) in [7, 11) is 0. The Balaban J connectivity index is 2.17. The van der Waals surface area contributed by atoms with Crippen molar-refractivity contribution in [2.75, 3.05) is 6.61 Å². The number of halogens is 4. The van der Waals surface area contributed by atoms with Crippen LogP contribution in [0.5, 0.6) is 0 Å². The van der Waals surface area contributed by atoms with E-state index in [-0.39, 0.29) is 18.6 Å². The predicted octanol–water partition coefficient (Wildman–Crippen LogP) is 6.10. The van der Waals surface area contributed by atoms with Crippen molar-refractivity contribution in [1.82, 2.24) is 0 Å². The van der Waals surface area contributed by atoms with Crippen LogP contribution in [0.2, 0.25) is 0 Å². The second kappa shape index (κ2) is 14.8. The first kappa shape index (κ1) is 24.9. The molecule has 1 rings (SSSR count). The molecule has 4 unspecified atom stereocenters. The summed E-state index contributed by atoms with van der Waals surface area (Å²) in [5.74, 6) is 0. The van der Waals surface area contributed by atoms with Gasteiger partial charge in [-0.05, 0) is 6.42 Å². The van der Waals surface area contributed by atoms with Crippen molar-refractivity contribution in [3.63, 3.8) is 0 Å². The van der Waals surface area contributed by atoms with Crippen LogP contribution >= 0.6 is 12.0 Å². The molecule has 1 N–H and O–H groups in total. The minimum atomic E-state index is -2.33. The van der Waals surface area contributed by atoms with E-state index in [1.165, 1.54) is 38.5 Å². The van der Waals surface area contributed by atoms with Crippen LogP contribution < -0.4 is 0 Å². The SMILES string of the molecule is CCCCCCCCCCCCOC1C(F)C(F)C(SOOO)C(F)C1F. The molecule has 0 amide bonds. The van der Waals surface area contributed by atoms with Crippen LogP contribution in [0.4, 0.5) is 17.6 Å². The largest absolute Gasteiger partial charge is 0.372 e. The Morgan fingerprint density at radius 3 is 1.70 bits per heavy atom. The molecule has 0 bridgehead atoms. The van der Waals surface area contributed by atoms with E-state index >= 15 is 0 Å². The highest BCUT2D eigenvalue weighted by Crippen LogP contribution is 2.38. The van der Waals surface area contributed by atoms with Gasteiger partial charge >= 0.3 is 0 Å². The Labute approximate surface area is 163 Å². The van der Waals surface area contributed by atoms with Gasteiger partial charge in [-0.1, -0.05) is 69.7 Å². The van der Waals surface area contributed by atoms with Crippen molar-refractivity contribution in [3.05, 3.63) is 0 Å². The lowest BCUT2D eigenvalue weighted by atomic mass is 9.90. The quantitative estimate of drug-likeness (QED) is 0.114. The van der Waals surface area contributed by atoms with Gasteiger partial charge in [-0.15, -0.1) is 4.33 Å². The second-order valence-corrected chi connectivity index (χ2v) is 7.87. The Morgan fingerprint density at radius 1 is 0.741 bits per heavy atom. The summed E-state index contributed by atoms with van der Waals surface area (Å²) in [6.07, 6.45) is -0.0204. The zero-order valence-corrected chi connectivity index (χ0v) is 16.7. The summed E-state index contributed by atoms with van der Waals surface area (Å²) in [6, 6.07) is 0. The number of rotatable bonds is 15. The number of hydrogen-bond donors (Lipinski definition) is 1. The molecular weight excluding hydrogens is 388 g/mol. The van der Waals surface area contributed by atoms with E-state index in [1.54, 1.807) is 0 Å². The lowest BCUT2D eigenvalue weighted by Gasteiger charge is -2.38. The molecule has 0 aliphatic heterocycles. The molecule has 4 atom stereocenters. The van der Waals surface area contributed by atoms with Crippen molar-refractivity contribution in [1.29, 1.82) is 0 Å². The third-order valence-corrected chi connectivity index (χ3v) is 5.73. The van der Waals surface area contributed by atoms with Crippen molar-refractivity contribution in [2.24, 2.45) is 0 Å². The van der Waals surface area contributed by atoms with Crippen molar-refractivity contribution < 1.29 is 36.9 Å². The lowest BCUT2D eigenvalue weighted by Crippen LogP contribution is -2.57. The fraction of sp³-hybridized carbons (Fsp3) is 1.00. The molecule has 0 saturated heterocycles. The monoisotopic (exact) mass is 420 g/mol. The maximum atomic E-state index is 14.1. The number of alkyl halides is 4. The van der Waals surface area contributed by atoms with E-state index in [0.29, 0.717) is 6.42 Å². The molecule has 0 heterocycles. The summed E-state index contributed by atoms with van der Waals surface area (Å²) in [5.41, 5.74) is 0. The number of unbranched alkanes of at least 4 members (excludes halogenated alkanes) is 9. The van der Waals surface area contributed by atoms with Gasteiger partial charge in [0.15, 0.2) is 24.7 Å². The van der Waals surface area contributed by atoms with Crippen molar-refractivity contribution >= 4 is 12.0 Å². The Kier molecular flexibility index (Phi) is 13.7. The van der Waals surface area contributed by atoms with Gasteiger partial charge in [-0.3, -0.25) is 0 Å². The van der Waals surface area contributed by atoms with Gasteiger partial charge in [0.05, 0.1) is 0 Å². The van der Waals surface area contributed by atoms with Crippen molar-refractivity contribution in [2.45, 2.75) is 107 Å². The van der Waals surface area contributed by atoms with Crippen LogP contribution in [-0.4, -0.2) is 47.9 Å². The van der Waals surface area contributed by atoms with Gasteiger partial charge in [0.2, 0.25) is 0 Å². The highest BCUT2D eigenvalue weighted by atomic mass is 32.2. The maximum Gasteiger partial charge on any atom is 0.161 e. The predicted molar refractivity (Wildman–Crippen MR) is 97.3 cm³/mol. The standard InChI is InChI=1S/C18H32F4O4S/c1-2-3-4-5-6-7-8-9-10-11-12-24-17-13(19)15(21)18(27-26-25-23)16(22)14(17)20/h13-18,23H,2-12H2,1H3. The van der Waals surface area contributed by atoms with Crippen LogP contribution in [-0.2, 0) is 14.1 Å². The molecule has 0 radical (unpaired) electrons. The first-order valence-electron chi connectivity index (χ1n) is 9.86. The lowest BCUT2D eigenvalue weighted by molar-refractivity contribution is -0.432. The zero-order chi connectivity index (χ0) is 20.1. The summed E-state index contributed by atoms with van der Waals surface area (Å²) in [4.78, 5) is 0. The maximum absolute atomic E-state index is 14.1. The summed E-state index contributed by atoms with van der Waals surface area (Å²) < 4.78 is 65.1. The molecule has 4 nitrogen and oxygen atoms in total. The number of ether oxygens (including phenoxy) is 1. The second-order valence-electron chi connectivity index (χ2n) is 7.00. The van der Waals surface area contributed by atoms with E-state index in [4.69, 9.17) is 9.99 Å². The fourth-order valence-corrected chi connectivity index (χ4v) is 3.88. The van der Waals surface area contributed by atoms with Crippen LogP contribution in [0.15, 0.2) is 0 Å². The number of hydrogen-bond acceptors (Lipinski definition) is 5. The van der Waals surface area contributed by atoms with Crippen LogP contribution in [0, 0.1) is 0 Å². The van der Waals surface area contributed by atoms with Gasteiger partial charge in [0.25, 0.3) is 0 Å². The molecule has 0 aromatic heterocycles. The van der Waals surface area contributed by atoms with Gasteiger partial charge in [-0.25, -0.2) is 22.8 Å². The average molecular weight is 421 g/mol. The van der Waals surface area contributed by atoms with E-state index in [2.05, 4.69) is 16.3 Å². The summed E-state index contributed by atoms with van der Waals surface area (Å²) in [5, 5.41) is 9.48. The third kappa shape index (κ3) is 8.85. The van der Waals surface area contributed by atoms with Crippen molar-refractivity contribution in [3.8, 4) is 0 Å². The summed E-state index contributed by atoms with van der Waals surface area (Å²) in [6.45, 7) is 2.25. The fourth-order valence-electron chi connectivity index (χ4n) is 3.24.